The van der Waals surface area contributed by atoms with Gasteiger partial charge in [-0.05, 0) is 28.5 Å². The minimum atomic E-state index is -0.289. The van der Waals surface area contributed by atoms with E-state index in [0.717, 1.165) is 16.5 Å². The van der Waals surface area contributed by atoms with E-state index >= 15 is 0 Å². The van der Waals surface area contributed by atoms with Crippen molar-refractivity contribution < 1.29 is 9.13 Å². The summed E-state index contributed by atoms with van der Waals surface area (Å²) in [4.78, 5) is 0. The van der Waals surface area contributed by atoms with Gasteiger partial charge in [0, 0.05) is 22.9 Å². The Bertz CT molecular complexity index is 738. The van der Waals surface area contributed by atoms with Gasteiger partial charge >= 0.3 is 0 Å². The van der Waals surface area contributed by atoms with E-state index in [1.807, 2.05) is 12.1 Å². The van der Waals surface area contributed by atoms with Gasteiger partial charge < -0.3 is 10.5 Å². The van der Waals surface area contributed by atoms with Crippen LogP contribution in [0.2, 0.25) is 0 Å². The topological polar surface area (TPSA) is 35.2 Å². The summed E-state index contributed by atoms with van der Waals surface area (Å²) in [5.74, 6) is 0.252. The maximum Gasteiger partial charge on any atom is 0.126 e. The van der Waals surface area contributed by atoms with Crippen LogP contribution >= 0.6 is 11.3 Å². The fraction of sp³-hybridized carbons (Fsp3) is 0.125. The van der Waals surface area contributed by atoms with Gasteiger partial charge in [-0.1, -0.05) is 24.3 Å². The van der Waals surface area contributed by atoms with Crippen LogP contribution < -0.4 is 10.5 Å². The van der Waals surface area contributed by atoms with Crippen molar-refractivity contribution in [3.8, 4) is 5.75 Å². The molecule has 1 aromatic heterocycles. The SMILES string of the molecule is NCc1cccc2c(COc3cccc(F)c3)csc12. The first kappa shape index (κ1) is 13.1. The molecule has 0 radical (unpaired) electrons. The number of ether oxygens (including phenoxy) is 1. The molecule has 0 aliphatic rings. The van der Waals surface area contributed by atoms with Crippen LogP contribution in [0.4, 0.5) is 4.39 Å². The molecule has 4 heteroatoms. The molecule has 0 fully saturated rings. The van der Waals surface area contributed by atoms with E-state index < -0.39 is 0 Å². The number of hydrogen-bond acceptors (Lipinski definition) is 3. The molecule has 0 unspecified atom stereocenters. The summed E-state index contributed by atoms with van der Waals surface area (Å²) in [6, 6.07) is 12.3. The third-order valence-electron chi connectivity index (χ3n) is 3.17. The highest BCUT2D eigenvalue weighted by atomic mass is 32.1. The number of rotatable bonds is 4. The van der Waals surface area contributed by atoms with Crippen LogP contribution in [0.5, 0.6) is 5.75 Å². The smallest absolute Gasteiger partial charge is 0.126 e. The van der Waals surface area contributed by atoms with Crippen LogP contribution in [0.15, 0.2) is 47.8 Å². The van der Waals surface area contributed by atoms with Crippen LogP contribution in [0.1, 0.15) is 11.1 Å². The van der Waals surface area contributed by atoms with E-state index in [2.05, 4.69) is 11.4 Å². The molecule has 0 saturated heterocycles. The molecule has 0 bridgehead atoms. The van der Waals surface area contributed by atoms with Crippen LogP contribution in [0.25, 0.3) is 10.1 Å². The Labute approximate surface area is 120 Å². The summed E-state index contributed by atoms with van der Waals surface area (Å²) in [6.07, 6.45) is 0. The summed E-state index contributed by atoms with van der Waals surface area (Å²) in [7, 11) is 0. The monoisotopic (exact) mass is 287 g/mol. The number of halogens is 1. The van der Waals surface area contributed by atoms with E-state index in [1.54, 1.807) is 23.5 Å². The first-order chi connectivity index (χ1) is 9.78. The summed E-state index contributed by atoms with van der Waals surface area (Å²) in [5.41, 5.74) is 7.99. The van der Waals surface area contributed by atoms with Crippen molar-refractivity contribution in [3.05, 3.63) is 64.8 Å². The normalized spacial score (nSPS) is 10.9. The van der Waals surface area contributed by atoms with Crippen LogP contribution in [0.3, 0.4) is 0 Å². The van der Waals surface area contributed by atoms with Gasteiger partial charge in [-0.2, -0.15) is 0 Å². The van der Waals surface area contributed by atoms with Crippen molar-refractivity contribution in [3.63, 3.8) is 0 Å². The van der Waals surface area contributed by atoms with E-state index in [9.17, 15) is 4.39 Å². The molecule has 0 amide bonds. The van der Waals surface area contributed by atoms with Crippen LogP contribution in [-0.4, -0.2) is 0 Å². The predicted molar refractivity (Wildman–Crippen MR) is 80.4 cm³/mol. The van der Waals surface area contributed by atoms with E-state index in [4.69, 9.17) is 10.5 Å². The standard InChI is InChI=1S/C16H14FNOS/c17-13-4-2-5-14(7-13)19-9-12-10-20-16-11(8-18)3-1-6-15(12)16/h1-7,10H,8-9,18H2. The van der Waals surface area contributed by atoms with Crippen molar-refractivity contribution in [2.75, 3.05) is 0 Å². The quantitative estimate of drug-likeness (QED) is 0.784. The molecule has 0 saturated carbocycles. The number of thiophene rings is 1. The van der Waals surface area contributed by atoms with Gasteiger partial charge in [-0.25, -0.2) is 4.39 Å². The Kier molecular flexibility index (Phi) is 3.67. The Morgan fingerprint density at radius 1 is 1.10 bits per heavy atom. The average Bonchev–Trinajstić information content (AvgIpc) is 2.88. The lowest BCUT2D eigenvalue weighted by Gasteiger charge is -2.06. The molecule has 1 heterocycles. The molecule has 3 rings (SSSR count). The molecule has 0 spiro atoms. The van der Waals surface area contributed by atoms with Gasteiger partial charge in [0.15, 0.2) is 0 Å². The van der Waals surface area contributed by atoms with Crippen molar-refractivity contribution in [2.24, 2.45) is 5.73 Å². The predicted octanol–water partition coefficient (Wildman–Crippen LogP) is 4.08. The largest absolute Gasteiger partial charge is 0.489 e. The van der Waals surface area contributed by atoms with Crippen molar-refractivity contribution in [1.82, 2.24) is 0 Å². The lowest BCUT2D eigenvalue weighted by molar-refractivity contribution is 0.306. The molecule has 2 nitrogen and oxygen atoms in total. The molecule has 20 heavy (non-hydrogen) atoms. The molecule has 3 aromatic rings. The van der Waals surface area contributed by atoms with Gasteiger partial charge in [0.05, 0.1) is 0 Å². The molecule has 0 aliphatic carbocycles. The third-order valence-corrected chi connectivity index (χ3v) is 4.29. The molecule has 102 valence electrons. The Balaban J connectivity index is 1.85. The third kappa shape index (κ3) is 2.53. The van der Waals surface area contributed by atoms with Crippen molar-refractivity contribution >= 4 is 21.4 Å². The Morgan fingerprint density at radius 3 is 2.75 bits per heavy atom. The molecule has 0 aliphatic heterocycles. The van der Waals surface area contributed by atoms with Gasteiger partial charge in [0.1, 0.15) is 18.2 Å². The highest BCUT2D eigenvalue weighted by Crippen LogP contribution is 2.29. The Hall–Kier alpha value is -1.91. The Morgan fingerprint density at radius 2 is 1.95 bits per heavy atom. The van der Waals surface area contributed by atoms with Crippen LogP contribution in [0, 0.1) is 5.82 Å². The number of nitrogens with two attached hydrogens (primary N) is 1. The van der Waals surface area contributed by atoms with Gasteiger partial charge in [0.2, 0.25) is 0 Å². The zero-order valence-corrected chi connectivity index (χ0v) is 11.6. The molecule has 2 N–H and O–H groups in total. The number of hydrogen-bond donors (Lipinski definition) is 1. The molecule has 2 aromatic carbocycles. The lowest BCUT2D eigenvalue weighted by Crippen LogP contribution is -1.97. The van der Waals surface area contributed by atoms with Gasteiger partial charge in [-0.3, -0.25) is 0 Å². The zero-order chi connectivity index (χ0) is 13.9. The average molecular weight is 287 g/mol. The second-order valence-corrected chi connectivity index (χ2v) is 5.38. The fourth-order valence-corrected chi connectivity index (χ4v) is 3.24. The fourth-order valence-electron chi connectivity index (χ4n) is 2.16. The minimum absolute atomic E-state index is 0.289. The molecular formula is C16H14FNOS. The van der Waals surface area contributed by atoms with E-state index in [0.29, 0.717) is 18.9 Å². The summed E-state index contributed by atoms with van der Waals surface area (Å²) >= 11 is 1.67. The highest BCUT2D eigenvalue weighted by molar-refractivity contribution is 7.17. The highest BCUT2D eigenvalue weighted by Gasteiger charge is 2.08. The van der Waals surface area contributed by atoms with Gasteiger partial charge in [0.25, 0.3) is 0 Å². The number of benzene rings is 2. The lowest BCUT2D eigenvalue weighted by atomic mass is 10.1. The number of fused-ring (bicyclic) bond motifs is 1. The second kappa shape index (κ2) is 5.61. The maximum atomic E-state index is 13.1. The second-order valence-electron chi connectivity index (χ2n) is 4.50. The first-order valence-corrected chi connectivity index (χ1v) is 7.22. The summed E-state index contributed by atoms with van der Waals surface area (Å²) in [5, 5.41) is 3.23. The minimum Gasteiger partial charge on any atom is -0.489 e. The van der Waals surface area contributed by atoms with Gasteiger partial charge in [-0.15, -0.1) is 11.3 Å². The molecular weight excluding hydrogens is 273 g/mol. The van der Waals surface area contributed by atoms with Crippen molar-refractivity contribution in [2.45, 2.75) is 13.2 Å². The van der Waals surface area contributed by atoms with Crippen LogP contribution in [-0.2, 0) is 13.2 Å². The van der Waals surface area contributed by atoms with Crippen molar-refractivity contribution in [1.29, 1.82) is 0 Å². The first-order valence-electron chi connectivity index (χ1n) is 6.34. The zero-order valence-electron chi connectivity index (χ0n) is 10.8. The molecule has 0 atom stereocenters. The summed E-state index contributed by atoms with van der Waals surface area (Å²) in [6.45, 7) is 0.958. The van der Waals surface area contributed by atoms with E-state index in [-0.39, 0.29) is 5.82 Å². The summed E-state index contributed by atoms with van der Waals surface area (Å²) < 4.78 is 19.9. The maximum absolute atomic E-state index is 13.1. The van der Waals surface area contributed by atoms with E-state index in [1.165, 1.54) is 16.8 Å².